The molecule has 0 unspecified atom stereocenters. The molecule has 1 heterocycles. The van der Waals surface area contributed by atoms with Crippen molar-refractivity contribution in [3.63, 3.8) is 0 Å². The number of fused-ring (bicyclic) bond motifs is 1. The minimum absolute atomic E-state index is 0.199. The van der Waals surface area contributed by atoms with Crippen LogP contribution in [0.15, 0.2) is 60.0 Å². The Balaban J connectivity index is 1.95. The average molecular weight is 415 g/mol. The molecule has 154 valence electrons. The van der Waals surface area contributed by atoms with Crippen LogP contribution in [-0.4, -0.2) is 38.3 Å². The van der Waals surface area contributed by atoms with Crippen molar-refractivity contribution >= 4 is 27.2 Å². The second-order valence-corrected chi connectivity index (χ2v) is 9.23. The molecule has 0 bridgehead atoms. The second-order valence-electron chi connectivity index (χ2n) is 7.37. The number of nitrogens with one attached hydrogen (secondary N) is 1. The lowest BCUT2D eigenvalue weighted by Gasteiger charge is -2.31. The Morgan fingerprint density at radius 2 is 1.79 bits per heavy atom. The second kappa shape index (κ2) is 8.39. The largest absolute Gasteiger partial charge is 0.497 e. The van der Waals surface area contributed by atoms with E-state index >= 15 is 0 Å². The zero-order valence-corrected chi connectivity index (χ0v) is 17.7. The SMILES string of the molecule is C=C1CCN([C@@H](C(=O)Nc2ccc(OC)cc2)C(C)C)S(=O)(=O)c2ccccc21. The van der Waals surface area contributed by atoms with Crippen LogP contribution in [0.25, 0.3) is 5.57 Å². The molecule has 3 rings (SSSR count). The van der Waals surface area contributed by atoms with Crippen LogP contribution in [0.5, 0.6) is 5.75 Å². The molecule has 0 saturated heterocycles. The monoisotopic (exact) mass is 414 g/mol. The number of benzene rings is 2. The van der Waals surface area contributed by atoms with Crippen LogP contribution in [0.1, 0.15) is 25.8 Å². The summed E-state index contributed by atoms with van der Waals surface area (Å²) in [6, 6.07) is 12.9. The summed E-state index contributed by atoms with van der Waals surface area (Å²) in [5.74, 6) is 0.0916. The highest BCUT2D eigenvalue weighted by atomic mass is 32.2. The molecule has 2 aromatic carbocycles. The third-order valence-electron chi connectivity index (χ3n) is 5.06. The predicted molar refractivity (Wildman–Crippen MR) is 114 cm³/mol. The average Bonchev–Trinajstić information content (AvgIpc) is 2.79. The first-order valence-electron chi connectivity index (χ1n) is 9.49. The fourth-order valence-corrected chi connectivity index (χ4v) is 5.52. The smallest absolute Gasteiger partial charge is 0.244 e. The minimum Gasteiger partial charge on any atom is -0.497 e. The summed E-state index contributed by atoms with van der Waals surface area (Å²) in [5.41, 5.74) is 1.95. The van der Waals surface area contributed by atoms with Gasteiger partial charge in [-0.2, -0.15) is 4.31 Å². The molecule has 0 aliphatic carbocycles. The molecule has 29 heavy (non-hydrogen) atoms. The Hall–Kier alpha value is -2.64. The lowest BCUT2D eigenvalue weighted by molar-refractivity contribution is -0.121. The van der Waals surface area contributed by atoms with Crippen molar-refractivity contribution in [2.24, 2.45) is 5.92 Å². The van der Waals surface area contributed by atoms with Gasteiger partial charge in [0.05, 0.1) is 12.0 Å². The molecule has 2 aromatic rings. The highest BCUT2D eigenvalue weighted by Crippen LogP contribution is 2.34. The number of sulfonamides is 1. The molecule has 0 saturated carbocycles. The molecule has 1 atom stereocenters. The fourth-order valence-electron chi connectivity index (χ4n) is 3.56. The standard InChI is InChI=1S/C22H26N2O4S/c1-15(2)21(22(25)23-17-9-11-18(28-4)12-10-17)24-14-13-16(3)19-7-5-6-8-20(19)29(24,26)27/h5-12,15,21H,3,13-14H2,1-2,4H3,(H,23,25)/t21-/m1/s1. The fraction of sp³-hybridized carbons (Fsp3) is 0.318. The summed E-state index contributed by atoms with van der Waals surface area (Å²) < 4.78 is 33.3. The van der Waals surface area contributed by atoms with Gasteiger partial charge in [0.1, 0.15) is 11.8 Å². The number of carbonyl (C=O) groups is 1. The zero-order chi connectivity index (χ0) is 21.2. The van der Waals surface area contributed by atoms with Crippen LogP contribution < -0.4 is 10.1 Å². The van der Waals surface area contributed by atoms with Gasteiger partial charge in [-0.3, -0.25) is 4.79 Å². The maximum atomic E-state index is 13.4. The van der Waals surface area contributed by atoms with Crippen molar-refractivity contribution in [2.75, 3.05) is 19.0 Å². The van der Waals surface area contributed by atoms with E-state index in [2.05, 4.69) is 11.9 Å². The summed E-state index contributed by atoms with van der Waals surface area (Å²) in [6.07, 6.45) is 0.468. The van der Waals surface area contributed by atoms with Crippen LogP contribution in [0.4, 0.5) is 5.69 Å². The molecule has 7 heteroatoms. The van der Waals surface area contributed by atoms with Crippen molar-refractivity contribution in [1.29, 1.82) is 0 Å². The molecular formula is C22H26N2O4S. The Morgan fingerprint density at radius 1 is 1.14 bits per heavy atom. The summed E-state index contributed by atoms with van der Waals surface area (Å²) in [4.78, 5) is 13.3. The molecule has 0 aromatic heterocycles. The molecule has 1 amide bonds. The van der Waals surface area contributed by atoms with E-state index < -0.39 is 16.1 Å². The van der Waals surface area contributed by atoms with Gasteiger partial charge < -0.3 is 10.1 Å². The van der Waals surface area contributed by atoms with Crippen molar-refractivity contribution in [1.82, 2.24) is 4.31 Å². The van der Waals surface area contributed by atoms with Crippen molar-refractivity contribution in [3.8, 4) is 5.75 Å². The van der Waals surface area contributed by atoms with Crippen molar-refractivity contribution in [2.45, 2.75) is 31.2 Å². The normalized spacial score (nSPS) is 17.3. The molecule has 0 spiro atoms. The van der Waals surface area contributed by atoms with E-state index in [1.54, 1.807) is 55.6 Å². The number of ether oxygens (including phenoxy) is 1. The Bertz CT molecular complexity index is 1010. The van der Waals surface area contributed by atoms with E-state index in [-0.39, 0.29) is 23.3 Å². The summed E-state index contributed by atoms with van der Waals surface area (Å²) >= 11 is 0. The van der Waals surface area contributed by atoms with Gasteiger partial charge in [-0.1, -0.05) is 38.6 Å². The molecule has 6 nitrogen and oxygen atoms in total. The third-order valence-corrected chi connectivity index (χ3v) is 7.00. The van der Waals surface area contributed by atoms with Gasteiger partial charge in [0.15, 0.2) is 0 Å². The summed E-state index contributed by atoms with van der Waals surface area (Å²) in [7, 11) is -2.29. The number of hydrogen-bond acceptors (Lipinski definition) is 4. The molecule has 0 radical (unpaired) electrons. The van der Waals surface area contributed by atoms with Crippen LogP contribution in [0.3, 0.4) is 0 Å². The first-order chi connectivity index (χ1) is 13.8. The number of methoxy groups -OCH3 is 1. The van der Waals surface area contributed by atoms with Gasteiger partial charge in [-0.05, 0) is 53.8 Å². The van der Waals surface area contributed by atoms with Gasteiger partial charge in [0.2, 0.25) is 15.9 Å². The first kappa shape index (κ1) is 21.1. The van der Waals surface area contributed by atoms with Gasteiger partial charge in [-0.25, -0.2) is 8.42 Å². The zero-order valence-electron chi connectivity index (χ0n) is 16.9. The van der Waals surface area contributed by atoms with E-state index in [9.17, 15) is 13.2 Å². The highest BCUT2D eigenvalue weighted by molar-refractivity contribution is 7.89. The van der Waals surface area contributed by atoms with Crippen molar-refractivity contribution < 1.29 is 17.9 Å². The Morgan fingerprint density at radius 3 is 2.41 bits per heavy atom. The summed E-state index contributed by atoms with van der Waals surface area (Å²) in [5, 5.41) is 2.84. The maximum Gasteiger partial charge on any atom is 0.244 e. The van der Waals surface area contributed by atoms with E-state index in [4.69, 9.17) is 4.74 Å². The minimum atomic E-state index is -3.85. The number of carbonyl (C=O) groups excluding carboxylic acids is 1. The topological polar surface area (TPSA) is 75.7 Å². The van der Waals surface area contributed by atoms with Gasteiger partial charge in [0, 0.05) is 12.2 Å². The number of nitrogens with zero attached hydrogens (tertiary/aromatic N) is 1. The van der Waals surface area contributed by atoms with E-state index in [0.717, 1.165) is 5.57 Å². The van der Waals surface area contributed by atoms with Gasteiger partial charge >= 0.3 is 0 Å². The number of rotatable bonds is 5. The molecule has 1 aliphatic heterocycles. The molecular weight excluding hydrogens is 388 g/mol. The first-order valence-corrected chi connectivity index (χ1v) is 10.9. The molecule has 0 fully saturated rings. The van der Waals surface area contributed by atoms with Gasteiger partial charge in [0.25, 0.3) is 0 Å². The maximum absolute atomic E-state index is 13.4. The lowest BCUT2D eigenvalue weighted by atomic mass is 10.0. The van der Waals surface area contributed by atoms with E-state index in [0.29, 0.717) is 23.4 Å². The van der Waals surface area contributed by atoms with E-state index in [1.165, 1.54) is 4.31 Å². The Labute approximate surface area is 172 Å². The number of hydrogen-bond donors (Lipinski definition) is 1. The molecule has 1 N–H and O–H groups in total. The predicted octanol–water partition coefficient (Wildman–Crippen LogP) is 3.77. The van der Waals surface area contributed by atoms with Crippen LogP contribution in [0, 0.1) is 5.92 Å². The lowest BCUT2D eigenvalue weighted by Crippen LogP contribution is -2.50. The Kier molecular flexibility index (Phi) is 6.10. The number of anilines is 1. The van der Waals surface area contributed by atoms with Crippen LogP contribution in [0.2, 0.25) is 0 Å². The quantitative estimate of drug-likeness (QED) is 0.808. The van der Waals surface area contributed by atoms with Crippen LogP contribution >= 0.6 is 0 Å². The van der Waals surface area contributed by atoms with Crippen LogP contribution in [-0.2, 0) is 14.8 Å². The number of amides is 1. The highest BCUT2D eigenvalue weighted by Gasteiger charge is 2.40. The van der Waals surface area contributed by atoms with E-state index in [1.807, 2.05) is 13.8 Å². The summed E-state index contributed by atoms with van der Waals surface area (Å²) in [6.45, 7) is 7.94. The van der Waals surface area contributed by atoms with Gasteiger partial charge in [-0.15, -0.1) is 0 Å². The molecule has 1 aliphatic rings. The third kappa shape index (κ3) is 4.21. The van der Waals surface area contributed by atoms with Crippen molar-refractivity contribution in [3.05, 3.63) is 60.7 Å².